The van der Waals surface area contributed by atoms with E-state index in [1.165, 1.54) is 17.3 Å². The van der Waals surface area contributed by atoms with E-state index in [0.29, 0.717) is 30.6 Å². The molecule has 0 N–H and O–H groups in total. The Kier molecular flexibility index (Phi) is 5.97. The predicted molar refractivity (Wildman–Crippen MR) is 109 cm³/mol. The molecular weight excluding hydrogens is 388 g/mol. The summed E-state index contributed by atoms with van der Waals surface area (Å²) in [6.07, 6.45) is 3.48. The van der Waals surface area contributed by atoms with E-state index in [4.69, 9.17) is 9.26 Å². The summed E-state index contributed by atoms with van der Waals surface area (Å²) in [5.41, 5.74) is 3.05. The second-order valence-corrected chi connectivity index (χ2v) is 7.30. The zero-order valence-electron chi connectivity index (χ0n) is 16.1. The highest BCUT2D eigenvalue weighted by Crippen LogP contribution is 2.26. The van der Waals surface area contributed by atoms with E-state index in [0.717, 1.165) is 22.1 Å². The predicted octanol–water partition coefficient (Wildman–Crippen LogP) is 3.64. The van der Waals surface area contributed by atoms with E-state index in [9.17, 15) is 0 Å². The first kappa shape index (κ1) is 19.3. The van der Waals surface area contributed by atoms with Gasteiger partial charge in [-0.3, -0.25) is 9.55 Å². The summed E-state index contributed by atoms with van der Waals surface area (Å²) < 4.78 is 12.7. The quantitative estimate of drug-likeness (QED) is 0.408. The van der Waals surface area contributed by atoms with Gasteiger partial charge in [0.1, 0.15) is 0 Å². The molecule has 0 saturated carbocycles. The van der Waals surface area contributed by atoms with Crippen molar-refractivity contribution in [2.24, 2.45) is 0 Å². The lowest BCUT2D eigenvalue weighted by Crippen LogP contribution is -2.07. The maximum atomic E-state index is 5.40. The molecule has 3 heterocycles. The summed E-state index contributed by atoms with van der Waals surface area (Å²) in [4.78, 5) is 8.56. The van der Waals surface area contributed by atoms with E-state index in [1.807, 2.05) is 47.9 Å². The lowest BCUT2D eigenvalue weighted by Gasteiger charge is -2.09. The third-order valence-electron chi connectivity index (χ3n) is 4.27. The van der Waals surface area contributed by atoms with Crippen molar-refractivity contribution in [2.75, 3.05) is 13.7 Å². The fourth-order valence-corrected chi connectivity index (χ4v) is 3.56. The Bertz CT molecular complexity index is 1060. The third-order valence-corrected chi connectivity index (χ3v) is 5.23. The second-order valence-electron chi connectivity index (χ2n) is 6.36. The Balaban J connectivity index is 1.51. The monoisotopic (exact) mass is 408 g/mol. The molecule has 0 amide bonds. The van der Waals surface area contributed by atoms with Crippen LogP contribution in [-0.4, -0.2) is 43.6 Å². The first-order valence-electron chi connectivity index (χ1n) is 9.09. The standard InChI is InChI=1S/C20H20N6O2S/c1-14-3-5-16(6-4-14)19-22-17(25-28-19)13-29-20-24-23-18(26(20)11-12-27-2)15-7-9-21-10-8-15/h3-10H,11-13H2,1-2H3. The summed E-state index contributed by atoms with van der Waals surface area (Å²) in [5.74, 6) is 2.42. The molecule has 0 aliphatic carbocycles. The van der Waals surface area contributed by atoms with Crippen LogP contribution in [0.1, 0.15) is 11.4 Å². The van der Waals surface area contributed by atoms with Crippen molar-refractivity contribution >= 4 is 11.8 Å². The number of aromatic nitrogens is 6. The lowest BCUT2D eigenvalue weighted by atomic mass is 10.1. The number of aryl methyl sites for hydroxylation is 1. The maximum Gasteiger partial charge on any atom is 0.257 e. The van der Waals surface area contributed by atoms with Gasteiger partial charge in [-0.05, 0) is 31.2 Å². The molecule has 4 aromatic rings. The summed E-state index contributed by atoms with van der Waals surface area (Å²) in [5, 5.41) is 13.6. The fraction of sp³-hybridized carbons (Fsp3) is 0.250. The molecule has 0 saturated heterocycles. The van der Waals surface area contributed by atoms with Gasteiger partial charge in [-0.25, -0.2) is 0 Å². The highest BCUT2D eigenvalue weighted by Gasteiger charge is 2.16. The number of nitrogens with zero attached hydrogens (tertiary/aromatic N) is 6. The van der Waals surface area contributed by atoms with Crippen LogP contribution in [0.25, 0.3) is 22.8 Å². The SMILES string of the molecule is COCCn1c(SCc2noc(-c3ccc(C)cc3)n2)nnc1-c1ccncc1. The number of ether oxygens (including phenoxy) is 1. The van der Waals surface area contributed by atoms with E-state index < -0.39 is 0 Å². The molecule has 0 radical (unpaired) electrons. The summed E-state index contributed by atoms with van der Waals surface area (Å²) >= 11 is 1.51. The summed E-state index contributed by atoms with van der Waals surface area (Å²) in [6, 6.07) is 11.8. The zero-order valence-corrected chi connectivity index (χ0v) is 17.0. The molecule has 1 aromatic carbocycles. The van der Waals surface area contributed by atoms with E-state index in [1.54, 1.807) is 19.5 Å². The molecule has 4 rings (SSSR count). The second kappa shape index (κ2) is 8.97. The van der Waals surface area contributed by atoms with Gasteiger partial charge in [-0.1, -0.05) is 34.6 Å². The molecule has 0 aliphatic rings. The smallest absolute Gasteiger partial charge is 0.257 e. The molecule has 148 valence electrons. The van der Waals surface area contributed by atoms with E-state index in [2.05, 4.69) is 25.3 Å². The van der Waals surface area contributed by atoms with E-state index in [-0.39, 0.29) is 0 Å². The van der Waals surface area contributed by atoms with Gasteiger partial charge in [-0.2, -0.15) is 4.98 Å². The number of hydrogen-bond acceptors (Lipinski definition) is 8. The van der Waals surface area contributed by atoms with Crippen molar-refractivity contribution in [3.05, 3.63) is 60.2 Å². The van der Waals surface area contributed by atoms with Crippen LogP contribution in [0.3, 0.4) is 0 Å². The first-order chi connectivity index (χ1) is 14.2. The van der Waals surface area contributed by atoms with Gasteiger partial charge in [0.2, 0.25) is 0 Å². The van der Waals surface area contributed by atoms with Gasteiger partial charge < -0.3 is 9.26 Å². The van der Waals surface area contributed by atoms with Crippen LogP contribution in [-0.2, 0) is 17.0 Å². The van der Waals surface area contributed by atoms with Gasteiger partial charge in [0.15, 0.2) is 16.8 Å². The molecular formula is C20H20N6O2S. The number of benzene rings is 1. The highest BCUT2D eigenvalue weighted by atomic mass is 32.2. The molecule has 9 heteroatoms. The van der Waals surface area contributed by atoms with Crippen molar-refractivity contribution in [3.63, 3.8) is 0 Å². The molecule has 3 aromatic heterocycles. The van der Waals surface area contributed by atoms with Crippen LogP contribution in [0.4, 0.5) is 0 Å². The molecule has 0 unspecified atom stereocenters. The molecule has 0 bridgehead atoms. The van der Waals surface area contributed by atoms with Crippen molar-refractivity contribution in [2.45, 2.75) is 24.4 Å². The number of hydrogen-bond donors (Lipinski definition) is 0. The normalized spacial score (nSPS) is 11.1. The van der Waals surface area contributed by atoms with Crippen molar-refractivity contribution in [3.8, 4) is 22.8 Å². The minimum absolute atomic E-state index is 0.513. The Labute approximate surface area is 172 Å². The molecule has 0 spiro atoms. The zero-order chi connectivity index (χ0) is 20.1. The third kappa shape index (κ3) is 4.52. The fourth-order valence-electron chi connectivity index (χ4n) is 2.75. The Hall–Kier alpha value is -3.04. The highest BCUT2D eigenvalue weighted by molar-refractivity contribution is 7.98. The van der Waals surface area contributed by atoms with Gasteiger partial charge in [0, 0.05) is 30.6 Å². The van der Waals surface area contributed by atoms with Gasteiger partial charge in [0.25, 0.3) is 5.89 Å². The average molecular weight is 408 g/mol. The van der Waals surface area contributed by atoms with Crippen LogP contribution in [0, 0.1) is 6.92 Å². The molecule has 8 nitrogen and oxygen atoms in total. The Morgan fingerprint density at radius 3 is 2.59 bits per heavy atom. The molecule has 0 fully saturated rings. The lowest BCUT2D eigenvalue weighted by molar-refractivity contribution is 0.185. The Morgan fingerprint density at radius 1 is 1.03 bits per heavy atom. The first-order valence-corrected chi connectivity index (χ1v) is 10.1. The minimum Gasteiger partial charge on any atom is -0.383 e. The van der Waals surface area contributed by atoms with Crippen LogP contribution in [0.2, 0.25) is 0 Å². The average Bonchev–Trinajstić information content (AvgIpc) is 3.39. The van der Waals surface area contributed by atoms with Crippen molar-refractivity contribution < 1.29 is 9.26 Å². The van der Waals surface area contributed by atoms with Crippen molar-refractivity contribution in [1.82, 2.24) is 29.9 Å². The largest absolute Gasteiger partial charge is 0.383 e. The molecule has 0 atom stereocenters. The van der Waals surface area contributed by atoms with Crippen LogP contribution in [0.15, 0.2) is 58.5 Å². The topological polar surface area (TPSA) is 91.8 Å². The summed E-state index contributed by atoms with van der Waals surface area (Å²) in [7, 11) is 1.68. The van der Waals surface area contributed by atoms with Gasteiger partial charge >= 0.3 is 0 Å². The van der Waals surface area contributed by atoms with Gasteiger partial charge in [-0.15, -0.1) is 10.2 Å². The number of thioether (sulfide) groups is 1. The van der Waals surface area contributed by atoms with Crippen molar-refractivity contribution in [1.29, 1.82) is 0 Å². The number of methoxy groups -OCH3 is 1. The van der Waals surface area contributed by atoms with Crippen LogP contribution < -0.4 is 0 Å². The van der Waals surface area contributed by atoms with Crippen LogP contribution >= 0.6 is 11.8 Å². The minimum atomic E-state index is 0.513. The number of rotatable bonds is 8. The van der Waals surface area contributed by atoms with Crippen LogP contribution in [0.5, 0.6) is 0 Å². The Morgan fingerprint density at radius 2 is 1.83 bits per heavy atom. The summed E-state index contributed by atoms with van der Waals surface area (Å²) in [6.45, 7) is 3.24. The molecule has 29 heavy (non-hydrogen) atoms. The number of pyridine rings is 1. The maximum absolute atomic E-state index is 5.40. The van der Waals surface area contributed by atoms with Gasteiger partial charge in [0.05, 0.1) is 18.9 Å². The molecule has 0 aliphatic heterocycles. The van der Waals surface area contributed by atoms with E-state index >= 15 is 0 Å².